The van der Waals surface area contributed by atoms with E-state index in [-0.39, 0.29) is 0 Å². The van der Waals surface area contributed by atoms with Crippen LogP contribution < -0.4 is 5.32 Å². The predicted molar refractivity (Wildman–Crippen MR) is 62.5 cm³/mol. The van der Waals surface area contributed by atoms with Crippen LogP contribution in [0.1, 0.15) is 39.0 Å². The maximum Gasteiger partial charge on any atom is 0.303 e. The molecule has 4 nitrogen and oxygen atoms in total. The lowest BCUT2D eigenvalue weighted by atomic mass is 10.0. The molecule has 0 aromatic heterocycles. The Kier molecular flexibility index (Phi) is 6.42. The van der Waals surface area contributed by atoms with Crippen LogP contribution >= 0.6 is 0 Å². The second-order valence-electron chi connectivity index (χ2n) is 4.57. The summed E-state index contributed by atoms with van der Waals surface area (Å²) in [6.45, 7) is 4.97. The van der Waals surface area contributed by atoms with E-state index in [4.69, 9.17) is 9.84 Å². The minimum absolute atomic E-state index is 0.298. The van der Waals surface area contributed by atoms with Crippen LogP contribution in [0.25, 0.3) is 0 Å². The van der Waals surface area contributed by atoms with Gasteiger partial charge in [0.2, 0.25) is 0 Å². The number of rotatable bonds is 8. The molecule has 1 heterocycles. The molecule has 1 aliphatic heterocycles. The van der Waals surface area contributed by atoms with E-state index in [2.05, 4.69) is 12.2 Å². The van der Waals surface area contributed by atoms with Gasteiger partial charge in [0.05, 0.1) is 6.61 Å². The quantitative estimate of drug-likeness (QED) is 0.621. The molecule has 4 heteroatoms. The van der Waals surface area contributed by atoms with Crippen molar-refractivity contribution in [3.05, 3.63) is 0 Å². The fourth-order valence-electron chi connectivity index (χ4n) is 2.02. The number of carboxylic acid groups (broad SMARTS) is 1. The van der Waals surface area contributed by atoms with Crippen LogP contribution in [0.4, 0.5) is 0 Å². The van der Waals surface area contributed by atoms with Crippen molar-refractivity contribution < 1.29 is 14.6 Å². The van der Waals surface area contributed by atoms with E-state index in [9.17, 15) is 4.79 Å². The van der Waals surface area contributed by atoms with Crippen molar-refractivity contribution in [1.82, 2.24) is 5.32 Å². The maximum atomic E-state index is 10.3. The zero-order valence-electron chi connectivity index (χ0n) is 10.1. The Morgan fingerprint density at radius 3 is 2.94 bits per heavy atom. The van der Waals surface area contributed by atoms with E-state index in [1.165, 1.54) is 0 Å². The van der Waals surface area contributed by atoms with Crippen LogP contribution in [0, 0.1) is 5.92 Å². The standard InChI is InChI=1S/C12H23NO3/c1-10(11-6-8-16-9-11)13-7-4-2-3-5-12(14)15/h10-11,13H,2-9H2,1H3,(H,14,15). The summed E-state index contributed by atoms with van der Waals surface area (Å²) in [5.41, 5.74) is 0. The SMILES string of the molecule is CC(NCCCCCC(=O)O)C1CCOC1. The van der Waals surface area contributed by atoms with E-state index >= 15 is 0 Å². The van der Waals surface area contributed by atoms with Crippen molar-refractivity contribution in [3.63, 3.8) is 0 Å². The minimum atomic E-state index is -0.690. The van der Waals surface area contributed by atoms with E-state index in [0.29, 0.717) is 18.4 Å². The van der Waals surface area contributed by atoms with Gasteiger partial charge in [-0.2, -0.15) is 0 Å². The molecule has 2 atom stereocenters. The average molecular weight is 229 g/mol. The highest BCUT2D eigenvalue weighted by atomic mass is 16.5. The third-order valence-corrected chi connectivity index (χ3v) is 3.21. The van der Waals surface area contributed by atoms with Crippen LogP contribution in [-0.4, -0.2) is 36.9 Å². The van der Waals surface area contributed by atoms with Crippen molar-refractivity contribution in [2.45, 2.75) is 45.1 Å². The smallest absolute Gasteiger partial charge is 0.303 e. The lowest BCUT2D eigenvalue weighted by Gasteiger charge is -2.19. The van der Waals surface area contributed by atoms with Crippen LogP contribution in [0.15, 0.2) is 0 Å². The number of carboxylic acids is 1. The normalized spacial score (nSPS) is 22.2. The Morgan fingerprint density at radius 1 is 1.50 bits per heavy atom. The Hall–Kier alpha value is -0.610. The van der Waals surface area contributed by atoms with Gasteiger partial charge in [0.15, 0.2) is 0 Å². The Labute approximate surface area is 97.4 Å². The summed E-state index contributed by atoms with van der Waals surface area (Å²) < 4.78 is 5.34. The van der Waals surface area contributed by atoms with Gasteiger partial charge < -0.3 is 15.2 Å². The Balaban J connectivity index is 1.92. The second-order valence-corrected chi connectivity index (χ2v) is 4.57. The third-order valence-electron chi connectivity index (χ3n) is 3.21. The monoisotopic (exact) mass is 229 g/mol. The fourth-order valence-corrected chi connectivity index (χ4v) is 2.02. The summed E-state index contributed by atoms with van der Waals surface area (Å²) in [5, 5.41) is 12.0. The number of unbranched alkanes of at least 4 members (excludes halogenated alkanes) is 2. The molecule has 0 saturated carbocycles. The minimum Gasteiger partial charge on any atom is -0.481 e. The van der Waals surface area contributed by atoms with Crippen LogP contribution in [-0.2, 0) is 9.53 Å². The van der Waals surface area contributed by atoms with Crippen LogP contribution in [0.2, 0.25) is 0 Å². The van der Waals surface area contributed by atoms with Crippen molar-refractivity contribution in [2.75, 3.05) is 19.8 Å². The largest absolute Gasteiger partial charge is 0.481 e. The molecule has 1 rings (SSSR count). The van der Waals surface area contributed by atoms with Gasteiger partial charge in [0.25, 0.3) is 0 Å². The van der Waals surface area contributed by atoms with Gasteiger partial charge in [-0.05, 0) is 38.6 Å². The summed E-state index contributed by atoms with van der Waals surface area (Å²) >= 11 is 0. The molecule has 1 fully saturated rings. The number of nitrogens with one attached hydrogen (secondary N) is 1. The van der Waals surface area contributed by atoms with Gasteiger partial charge in [-0.15, -0.1) is 0 Å². The molecular formula is C12H23NO3. The number of hydrogen-bond donors (Lipinski definition) is 2. The summed E-state index contributed by atoms with van der Waals surface area (Å²) in [6.07, 6.45) is 4.30. The highest BCUT2D eigenvalue weighted by Gasteiger charge is 2.21. The summed E-state index contributed by atoms with van der Waals surface area (Å²) in [5.74, 6) is -0.0385. The molecule has 0 radical (unpaired) electrons. The zero-order chi connectivity index (χ0) is 11.8. The number of carbonyl (C=O) groups is 1. The lowest BCUT2D eigenvalue weighted by Crippen LogP contribution is -2.34. The molecule has 0 aliphatic carbocycles. The highest BCUT2D eigenvalue weighted by molar-refractivity contribution is 5.66. The summed E-state index contributed by atoms with van der Waals surface area (Å²) in [4.78, 5) is 10.3. The first-order valence-electron chi connectivity index (χ1n) is 6.23. The highest BCUT2D eigenvalue weighted by Crippen LogP contribution is 2.16. The van der Waals surface area contributed by atoms with Gasteiger partial charge in [-0.25, -0.2) is 0 Å². The first kappa shape index (κ1) is 13.5. The molecule has 2 N–H and O–H groups in total. The van der Waals surface area contributed by atoms with E-state index < -0.39 is 5.97 Å². The lowest BCUT2D eigenvalue weighted by molar-refractivity contribution is -0.137. The molecule has 0 spiro atoms. The van der Waals surface area contributed by atoms with Gasteiger partial charge in [-0.1, -0.05) is 6.42 Å². The molecule has 16 heavy (non-hydrogen) atoms. The van der Waals surface area contributed by atoms with Crippen molar-refractivity contribution in [3.8, 4) is 0 Å². The predicted octanol–water partition coefficient (Wildman–Crippen LogP) is 1.65. The van der Waals surface area contributed by atoms with Crippen LogP contribution in [0.5, 0.6) is 0 Å². The van der Waals surface area contributed by atoms with Gasteiger partial charge in [0.1, 0.15) is 0 Å². The van der Waals surface area contributed by atoms with E-state index in [1.54, 1.807) is 0 Å². The van der Waals surface area contributed by atoms with E-state index in [0.717, 1.165) is 45.4 Å². The Morgan fingerprint density at radius 2 is 2.31 bits per heavy atom. The zero-order valence-corrected chi connectivity index (χ0v) is 10.1. The first-order valence-corrected chi connectivity index (χ1v) is 6.23. The van der Waals surface area contributed by atoms with Crippen LogP contribution in [0.3, 0.4) is 0 Å². The summed E-state index contributed by atoms with van der Waals surface area (Å²) in [6, 6.07) is 0.516. The molecule has 1 saturated heterocycles. The average Bonchev–Trinajstić information content (AvgIpc) is 2.75. The van der Waals surface area contributed by atoms with Gasteiger partial charge in [0, 0.05) is 19.1 Å². The molecule has 2 unspecified atom stereocenters. The third kappa shape index (κ3) is 5.47. The number of aliphatic carboxylic acids is 1. The van der Waals surface area contributed by atoms with Crippen molar-refractivity contribution in [1.29, 1.82) is 0 Å². The van der Waals surface area contributed by atoms with Crippen molar-refractivity contribution >= 4 is 5.97 Å². The molecule has 1 aliphatic rings. The molecular weight excluding hydrogens is 206 g/mol. The fraction of sp³-hybridized carbons (Fsp3) is 0.917. The molecule has 0 aromatic carbocycles. The molecule has 0 amide bonds. The second kappa shape index (κ2) is 7.63. The summed E-state index contributed by atoms with van der Waals surface area (Å²) in [7, 11) is 0. The number of hydrogen-bond acceptors (Lipinski definition) is 3. The molecule has 0 bridgehead atoms. The topological polar surface area (TPSA) is 58.6 Å². The number of ether oxygens (including phenoxy) is 1. The van der Waals surface area contributed by atoms with Gasteiger partial charge in [-0.3, -0.25) is 4.79 Å². The van der Waals surface area contributed by atoms with Crippen molar-refractivity contribution in [2.24, 2.45) is 5.92 Å². The van der Waals surface area contributed by atoms with E-state index in [1.807, 2.05) is 0 Å². The maximum absolute atomic E-state index is 10.3. The first-order chi connectivity index (χ1) is 7.70. The Bertz CT molecular complexity index is 202. The molecule has 0 aromatic rings. The molecule has 94 valence electrons. The van der Waals surface area contributed by atoms with Gasteiger partial charge >= 0.3 is 5.97 Å².